The van der Waals surface area contributed by atoms with E-state index in [4.69, 9.17) is 0 Å². The molecule has 122 valence electrons. The maximum atomic E-state index is 4.48. The van der Waals surface area contributed by atoms with Crippen LogP contribution in [0, 0.1) is 12.1 Å². The number of fused-ring (bicyclic) bond motifs is 2. The second-order valence-corrected chi connectivity index (χ2v) is 6.10. The molecule has 0 N–H and O–H groups in total. The van der Waals surface area contributed by atoms with Crippen LogP contribution in [0.2, 0.25) is 0 Å². The van der Waals surface area contributed by atoms with Gasteiger partial charge in [0.25, 0.3) is 0 Å². The summed E-state index contributed by atoms with van der Waals surface area (Å²) >= 11 is 3.37. The van der Waals surface area contributed by atoms with Gasteiger partial charge in [0.15, 0.2) is 0 Å². The predicted molar refractivity (Wildman–Crippen MR) is 90.6 cm³/mol. The summed E-state index contributed by atoms with van der Waals surface area (Å²) in [5.41, 5.74) is 6.37. The fraction of sp³-hybridized carbons (Fsp3) is 0.211. The van der Waals surface area contributed by atoms with Gasteiger partial charge in [0.1, 0.15) is 0 Å². The Kier molecular flexibility index (Phi) is 10.6. The van der Waals surface area contributed by atoms with Gasteiger partial charge in [-0.2, -0.15) is 11.6 Å². The molecular weight excluding hydrogens is 484 g/mol. The minimum absolute atomic E-state index is 0. The number of aromatic nitrogens is 1. The molecule has 0 saturated heterocycles. The van der Waals surface area contributed by atoms with E-state index in [1.807, 2.05) is 18.2 Å². The average molecular weight is 500 g/mol. The Morgan fingerprint density at radius 3 is 2.54 bits per heavy atom. The van der Waals surface area contributed by atoms with E-state index in [2.05, 4.69) is 71.2 Å². The van der Waals surface area contributed by atoms with Gasteiger partial charge in [-0.25, -0.2) is 24.3 Å². The van der Waals surface area contributed by atoms with Crippen LogP contribution in [-0.2, 0) is 26.2 Å². The molecule has 4 rings (SSSR count). The van der Waals surface area contributed by atoms with E-state index in [1.54, 1.807) is 0 Å². The molecule has 0 spiro atoms. The molecule has 24 heavy (non-hydrogen) atoms. The first-order chi connectivity index (χ1) is 10.1. The van der Waals surface area contributed by atoms with E-state index in [9.17, 15) is 0 Å². The molecule has 0 fully saturated rings. The first-order valence-corrected chi connectivity index (χ1v) is 7.86. The Morgan fingerprint density at radius 2 is 1.96 bits per heavy atom. The molecule has 0 aliphatic heterocycles. The number of nitrogens with zero attached hydrogens (tertiary/aromatic N) is 1. The van der Waals surface area contributed by atoms with Crippen molar-refractivity contribution >= 4 is 22.0 Å². The van der Waals surface area contributed by atoms with E-state index in [0.29, 0.717) is 5.92 Å². The first-order valence-electron chi connectivity index (χ1n) is 7.07. The van der Waals surface area contributed by atoms with E-state index < -0.39 is 0 Å². The molecule has 5 heteroatoms. The molecule has 1 aromatic rings. The molecule has 1 aromatic heterocycles. The summed E-state index contributed by atoms with van der Waals surface area (Å²) in [5.74, 6) is 0.417. The Hall–Kier alpha value is -0.207. The first kappa shape index (κ1) is 23.8. The summed E-state index contributed by atoms with van der Waals surface area (Å²) in [4.78, 5) is 4.48. The number of hydrogen-bond donors (Lipinski definition) is 0. The maximum Gasteiger partial charge on any atom is 4.00 e. The monoisotopic (exact) mass is 497 g/mol. The molecule has 0 saturated carbocycles. The molecule has 3 aliphatic carbocycles. The van der Waals surface area contributed by atoms with Gasteiger partial charge in [-0.15, -0.1) is 6.42 Å². The van der Waals surface area contributed by atoms with Crippen LogP contribution in [0.25, 0.3) is 6.08 Å². The van der Waals surface area contributed by atoms with Crippen molar-refractivity contribution < 1.29 is 51.0 Å². The molecule has 0 radical (unpaired) electrons. The largest absolute Gasteiger partial charge is 4.00 e. The third-order valence-corrected chi connectivity index (χ3v) is 4.18. The summed E-state index contributed by atoms with van der Waals surface area (Å²) in [6.45, 7) is 4.37. The zero-order chi connectivity index (χ0) is 14.8. The molecule has 0 amide bonds. The van der Waals surface area contributed by atoms with Gasteiger partial charge in [-0.05, 0) is 24.3 Å². The van der Waals surface area contributed by atoms with Crippen molar-refractivity contribution in [2.24, 2.45) is 0 Å². The van der Waals surface area contributed by atoms with E-state index in [0.717, 1.165) is 16.7 Å². The smallest absolute Gasteiger partial charge is 1.00 e. The van der Waals surface area contributed by atoms with E-state index >= 15 is 0 Å². The third-order valence-electron chi connectivity index (χ3n) is 3.77. The zero-order valence-corrected chi connectivity index (χ0v) is 19.0. The molecule has 1 unspecified atom stereocenters. The Bertz CT molecular complexity index is 723. The summed E-state index contributed by atoms with van der Waals surface area (Å²) < 4.78 is 0.779. The molecule has 0 bridgehead atoms. The van der Waals surface area contributed by atoms with Gasteiger partial charge < -0.3 is 24.8 Å². The number of rotatable bonds is 0. The Balaban J connectivity index is 0.000000578. The van der Waals surface area contributed by atoms with Crippen LogP contribution in [-0.4, -0.2) is 4.98 Å². The van der Waals surface area contributed by atoms with Gasteiger partial charge in [0, 0.05) is 4.60 Å². The standard InChI is InChI=1S/C14H11BrN.C5H5.2ClH.Zr/c1-8-5-10-7-13-11(3-4-14(15)16-13)9(2)12(10)6-8;1-2-4-5-3-1;;;/h3,5-7,9H,1-2H3;1-3H,4H2;2*1H;/q2*-1;;;+4/p-2. The molecule has 1 nitrogen and oxygen atoms in total. The number of allylic oxidation sites excluding steroid dienone is 9. The van der Waals surface area contributed by atoms with Crippen molar-refractivity contribution in [2.45, 2.75) is 26.2 Å². The van der Waals surface area contributed by atoms with Crippen molar-refractivity contribution in [3.05, 3.63) is 81.2 Å². The van der Waals surface area contributed by atoms with Crippen LogP contribution in [0.3, 0.4) is 0 Å². The Labute approximate surface area is 184 Å². The molecule has 1 heterocycles. The van der Waals surface area contributed by atoms with Crippen LogP contribution in [0.5, 0.6) is 0 Å². The van der Waals surface area contributed by atoms with Gasteiger partial charge >= 0.3 is 26.2 Å². The molecular formula is C19H16BrCl2NZr. The Morgan fingerprint density at radius 1 is 1.21 bits per heavy atom. The van der Waals surface area contributed by atoms with Crippen LogP contribution in [0.1, 0.15) is 37.4 Å². The minimum atomic E-state index is 0. The topological polar surface area (TPSA) is 12.9 Å². The summed E-state index contributed by atoms with van der Waals surface area (Å²) in [6, 6.07) is 5.15. The van der Waals surface area contributed by atoms with E-state index in [-0.39, 0.29) is 51.0 Å². The van der Waals surface area contributed by atoms with Crippen LogP contribution in [0.4, 0.5) is 0 Å². The van der Waals surface area contributed by atoms with Crippen LogP contribution in [0.15, 0.2) is 57.8 Å². The van der Waals surface area contributed by atoms with Crippen molar-refractivity contribution in [1.29, 1.82) is 0 Å². The van der Waals surface area contributed by atoms with Crippen molar-refractivity contribution in [3.8, 4) is 0 Å². The normalized spacial score (nSPS) is 18.3. The van der Waals surface area contributed by atoms with Gasteiger partial charge in [0.2, 0.25) is 0 Å². The van der Waals surface area contributed by atoms with Crippen molar-refractivity contribution in [3.63, 3.8) is 0 Å². The average Bonchev–Trinajstić information content (AvgIpc) is 3.11. The number of hydrogen-bond acceptors (Lipinski definition) is 1. The fourth-order valence-electron chi connectivity index (χ4n) is 2.73. The number of pyridine rings is 1. The second-order valence-electron chi connectivity index (χ2n) is 5.34. The summed E-state index contributed by atoms with van der Waals surface area (Å²) in [5, 5.41) is 0. The van der Waals surface area contributed by atoms with E-state index in [1.165, 1.54) is 22.3 Å². The maximum absolute atomic E-state index is 4.48. The SMILES string of the molecule is CC1=CC2=Cc3nc(Br)[c-]cc3C(C)C2=C1.[C-]1=CC=CC1.[Cl-].[Cl-].[Zr+4]. The van der Waals surface area contributed by atoms with Crippen molar-refractivity contribution in [2.75, 3.05) is 0 Å². The number of halogens is 3. The fourth-order valence-corrected chi connectivity index (χ4v) is 3.04. The quantitative estimate of drug-likeness (QED) is 0.341. The molecule has 3 aliphatic rings. The molecule has 0 aromatic carbocycles. The van der Waals surface area contributed by atoms with Gasteiger partial charge in [0.05, 0.1) is 0 Å². The second kappa shape index (κ2) is 10.7. The van der Waals surface area contributed by atoms with Crippen LogP contribution < -0.4 is 24.8 Å². The van der Waals surface area contributed by atoms with Crippen molar-refractivity contribution in [1.82, 2.24) is 4.98 Å². The molecule has 1 atom stereocenters. The summed E-state index contributed by atoms with van der Waals surface area (Å²) in [7, 11) is 0. The zero-order valence-electron chi connectivity index (χ0n) is 13.4. The third kappa shape index (κ3) is 5.39. The summed E-state index contributed by atoms with van der Waals surface area (Å²) in [6.07, 6.45) is 16.7. The van der Waals surface area contributed by atoms with Crippen LogP contribution >= 0.6 is 15.9 Å². The van der Waals surface area contributed by atoms with Gasteiger partial charge in [-0.3, -0.25) is 11.1 Å². The van der Waals surface area contributed by atoms with Gasteiger partial charge in [-0.1, -0.05) is 52.1 Å². The predicted octanol–water partition coefficient (Wildman–Crippen LogP) is -0.658. The minimum Gasteiger partial charge on any atom is -1.00 e.